The molecule has 0 fully saturated rings. The van der Waals surface area contributed by atoms with Gasteiger partial charge in [0.15, 0.2) is 5.78 Å². The number of fused-ring (bicyclic) bond motifs is 1. The number of Topliss-reactive ketones (excluding diaryl/α,β-unsaturated/α-hetero) is 1. The molecule has 1 heterocycles. The molecular weight excluding hydrogens is 350 g/mol. The number of para-hydroxylation sites is 2. The Morgan fingerprint density at radius 3 is 2.39 bits per heavy atom. The van der Waals surface area contributed by atoms with E-state index in [0.29, 0.717) is 18.5 Å². The highest BCUT2D eigenvalue weighted by Gasteiger charge is 2.20. The van der Waals surface area contributed by atoms with Gasteiger partial charge in [-0.1, -0.05) is 63.2 Å². The summed E-state index contributed by atoms with van der Waals surface area (Å²) in [6.45, 7) is 6.55. The zero-order chi connectivity index (χ0) is 20.1. The molecule has 146 valence electrons. The predicted octanol–water partition coefficient (Wildman–Crippen LogP) is 4.01. The second kappa shape index (κ2) is 8.38. The van der Waals surface area contributed by atoms with Gasteiger partial charge in [0.25, 0.3) is 0 Å². The molecule has 1 amide bonds. The Hall–Kier alpha value is -2.95. The van der Waals surface area contributed by atoms with Crippen molar-refractivity contribution in [1.82, 2.24) is 14.9 Å². The summed E-state index contributed by atoms with van der Waals surface area (Å²) in [5, 5.41) is 2.97. The minimum absolute atomic E-state index is 0.0419. The number of hydrogen-bond donors (Lipinski definition) is 1. The molecule has 3 rings (SSSR count). The van der Waals surface area contributed by atoms with Gasteiger partial charge in [-0.05, 0) is 18.6 Å². The largest absolute Gasteiger partial charge is 0.356 e. The Labute approximate surface area is 165 Å². The molecule has 0 radical (unpaired) electrons. The lowest BCUT2D eigenvalue weighted by molar-refractivity contribution is -0.128. The summed E-state index contributed by atoms with van der Waals surface area (Å²) in [6.07, 6.45) is 1.46. The first-order chi connectivity index (χ1) is 13.4. The molecule has 0 aliphatic rings. The van der Waals surface area contributed by atoms with Gasteiger partial charge in [-0.2, -0.15) is 0 Å². The van der Waals surface area contributed by atoms with Crippen molar-refractivity contribution in [3.05, 3.63) is 66.0 Å². The van der Waals surface area contributed by atoms with E-state index in [1.165, 1.54) is 0 Å². The third-order valence-electron chi connectivity index (χ3n) is 4.67. The normalized spacial score (nSPS) is 11.5. The van der Waals surface area contributed by atoms with Crippen molar-refractivity contribution in [2.24, 2.45) is 5.41 Å². The third kappa shape index (κ3) is 4.66. The Morgan fingerprint density at radius 1 is 1.00 bits per heavy atom. The van der Waals surface area contributed by atoms with Crippen molar-refractivity contribution in [1.29, 1.82) is 0 Å². The summed E-state index contributed by atoms with van der Waals surface area (Å²) in [5.74, 6) is 0.974. The van der Waals surface area contributed by atoms with E-state index in [-0.39, 0.29) is 18.2 Å². The minimum atomic E-state index is -0.394. The standard InChI is InChI=1S/C23H27N3O2/c1-23(2,3)22(28)24-15-9-14-21-25-18-12-7-8-13-19(18)26(21)16-20(27)17-10-5-4-6-11-17/h4-8,10-13H,9,14-16H2,1-3H3,(H,24,28). The third-order valence-corrected chi connectivity index (χ3v) is 4.67. The predicted molar refractivity (Wildman–Crippen MR) is 111 cm³/mol. The number of carbonyl (C=O) groups excluding carboxylic acids is 2. The van der Waals surface area contributed by atoms with Gasteiger partial charge in [0.05, 0.1) is 17.6 Å². The highest BCUT2D eigenvalue weighted by molar-refractivity contribution is 5.96. The molecule has 28 heavy (non-hydrogen) atoms. The van der Waals surface area contributed by atoms with Gasteiger partial charge in [0.2, 0.25) is 5.91 Å². The van der Waals surface area contributed by atoms with E-state index < -0.39 is 5.41 Å². The van der Waals surface area contributed by atoms with Gasteiger partial charge in [-0.15, -0.1) is 0 Å². The van der Waals surface area contributed by atoms with E-state index in [1.807, 2.05) is 79.9 Å². The van der Waals surface area contributed by atoms with E-state index in [1.54, 1.807) is 0 Å². The molecule has 0 aliphatic heterocycles. The SMILES string of the molecule is CC(C)(C)C(=O)NCCCc1nc2ccccc2n1CC(=O)c1ccccc1. The van der Waals surface area contributed by atoms with Crippen LogP contribution in [0.1, 0.15) is 43.4 Å². The molecule has 0 aliphatic carbocycles. The van der Waals surface area contributed by atoms with E-state index in [9.17, 15) is 9.59 Å². The van der Waals surface area contributed by atoms with Crippen LogP contribution in [-0.2, 0) is 17.8 Å². The maximum absolute atomic E-state index is 12.7. The van der Waals surface area contributed by atoms with Crippen LogP contribution in [0.25, 0.3) is 11.0 Å². The zero-order valence-corrected chi connectivity index (χ0v) is 16.7. The van der Waals surface area contributed by atoms with Gasteiger partial charge < -0.3 is 9.88 Å². The van der Waals surface area contributed by atoms with Crippen LogP contribution < -0.4 is 5.32 Å². The fourth-order valence-electron chi connectivity index (χ4n) is 3.07. The molecule has 3 aromatic rings. The first-order valence-electron chi connectivity index (χ1n) is 9.67. The molecule has 1 aromatic heterocycles. The summed E-state index contributed by atoms with van der Waals surface area (Å²) in [4.78, 5) is 29.5. The molecule has 0 saturated carbocycles. The summed E-state index contributed by atoms with van der Waals surface area (Å²) >= 11 is 0. The smallest absolute Gasteiger partial charge is 0.225 e. The van der Waals surface area contributed by atoms with Crippen LogP contribution in [0.4, 0.5) is 0 Å². The van der Waals surface area contributed by atoms with Gasteiger partial charge in [-0.3, -0.25) is 9.59 Å². The number of nitrogens with zero attached hydrogens (tertiary/aromatic N) is 2. The lowest BCUT2D eigenvalue weighted by atomic mass is 9.96. The van der Waals surface area contributed by atoms with Gasteiger partial charge >= 0.3 is 0 Å². The van der Waals surface area contributed by atoms with Crippen LogP contribution in [0.3, 0.4) is 0 Å². The zero-order valence-electron chi connectivity index (χ0n) is 16.7. The number of hydrogen-bond acceptors (Lipinski definition) is 3. The Balaban J connectivity index is 1.74. The number of imidazole rings is 1. The van der Waals surface area contributed by atoms with Crippen molar-refractivity contribution in [3.63, 3.8) is 0 Å². The van der Waals surface area contributed by atoms with E-state index in [4.69, 9.17) is 4.98 Å². The molecule has 1 N–H and O–H groups in total. The fraction of sp³-hybridized carbons (Fsp3) is 0.348. The van der Waals surface area contributed by atoms with Crippen LogP contribution >= 0.6 is 0 Å². The highest BCUT2D eigenvalue weighted by atomic mass is 16.2. The number of amides is 1. The fourth-order valence-corrected chi connectivity index (χ4v) is 3.07. The number of nitrogens with one attached hydrogen (secondary N) is 1. The lowest BCUT2D eigenvalue weighted by Crippen LogP contribution is -2.35. The van der Waals surface area contributed by atoms with E-state index in [0.717, 1.165) is 23.3 Å². The summed E-state index contributed by atoms with van der Waals surface area (Å²) < 4.78 is 2.00. The topological polar surface area (TPSA) is 64.0 Å². The second-order valence-electron chi connectivity index (χ2n) is 8.00. The molecule has 0 spiro atoms. The Bertz CT molecular complexity index is 968. The van der Waals surface area contributed by atoms with Crippen molar-refractivity contribution in [2.45, 2.75) is 40.2 Å². The average Bonchev–Trinajstić information content (AvgIpc) is 3.02. The maximum Gasteiger partial charge on any atom is 0.225 e. The van der Waals surface area contributed by atoms with Crippen molar-refractivity contribution in [2.75, 3.05) is 6.54 Å². The van der Waals surface area contributed by atoms with Crippen LogP contribution in [0, 0.1) is 5.41 Å². The number of aromatic nitrogens is 2. The molecule has 0 atom stereocenters. The summed E-state index contributed by atoms with van der Waals surface area (Å²) in [6, 6.07) is 17.2. The van der Waals surface area contributed by atoms with Crippen LogP contribution in [-0.4, -0.2) is 27.8 Å². The molecule has 0 bridgehead atoms. The molecule has 0 saturated heterocycles. The highest BCUT2D eigenvalue weighted by Crippen LogP contribution is 2.18. The summed E-state index contributed by atoms with van der Waals surface area (Å²) in [5.41, 5.74) is 2.15. The van der Waals surface area contributed by atoms with Crippen LogP contribution in [0.2, 0.25) is 0 Å². The van der Waals surface area contributed by atoms with Crippen LogP contribution in [0.15, 0.2) is 54.6 Å². The van der Waals surface area contributed by atoms with Crippen molar-refractivity contribution < 1.29 is 9.59 Å². The minimum Gasteiger partial charge on any atom is -0.356 e. The molecule has 5 heteroatoms. The first kappa shape index (κ1) is 19.8. The number of ketones is 1. The average molecular weight is 377 g/mol. The van der Waals surface area contributed by atoms with E-state index >= 15 is 0 Å². The van der Waals surface area contributed by atoms with Crippen LogP contribution in [0.5, 0.6) is 0 Å². The summed E-state index contributed by atoms with van der Waals surface area (Å²) in [7, 11) is 0. The molecule has 0 unspecified atom stereocenters. The first-order valence-corrected chi connectivity index (χ1v) is 9.67. The quantitative estimate of drug-likeness (QED) is 0.500. The monoisotopic (exact) mass is 377 g/mol. The number of carbonyl (C=O) groups is 2. The van der Waals surface area contributed by atoms with Crippen molar-refractivity contribution in [3.8, 4) is 0 Å². The number of rotatable bonds is 7. The Kier molecular flexibility index (Phi) is 5.93. The molecule has 5 nitrogen and oxygen atoms in total. The van der Waals surface area contributed by atoms with Gasteiger partial charge in [0, 0.05) is 23.9 Å². The lowest BCUT2D eigenvalue weighted by Gasteiger charge is -2.17. The number of benzene rings is 2. The van der Waals surface area contributed by atoms with E-state index in [2.05, 4.69) is 5.32 Å². The van der Waals surface area contributed by atoms with Gasteiger partial charge in [-0.25, -0.2) is 4.98 Å². The van der Waals surface area contributed by atoms with Gasteiger partial charge in [0.1, 0.15) is 5.82 Å². The number of aryl methyl sites for hydroxylation is 1. The molecular formula is C23H27N3O2. The van der Waals surface area contributed by atoms with Crippen molar-refractivity contribution >= 4 is 22.7 Å². The Morgan fingerprint density at radius 2 is 1.68 bits per heavy atom. The molecule has 2 aromatic carbocycles. The maximum atomic E-state index is 12.7. The second-order valence-corrected chi connectivity index (χ2v) is 8.00.